The number of hydrogen-bond acceptors (Lipinski definition) is 7. The van der Waals surface area contributed by atoms with Crippen molar-refractivity contribution in [2.24, 2.45) is 0 Å². The number of rotatable bonds is 4. The Balaban J connectivity index is 1.87. The van der Waals surface area contributed by atoms with E-state index in [1.54, 1.807) is 29.1 Å². The van der Waals surface area contributed by atoms with Crippen LogP contribution in [0.15, 0.2) is 57.9 Å². The molecule has 0 saturated carbocycles. The first-order valence-electron chi connectivity index (χ1n) is 6.96. The molecule has 8 heteroatoms. The number of aromatic nitrogens is 1. The molecule has 1 aliphatic heterocycles. The van der Waals surface area contributed by atoms with E-state index in [1.165, 1.54) is 38.9 Å². The minimum atomic E-state index is -0.654. The van der Waals surface area contributed by atoms with Crippen molar-refractivity contribution in [3.8, 4) is 0 Å². The number of anilines is 1. The number of thiazole rings is 1. The summed E-state index contributed by atoms with van der Waals surface area (Å²) in [4.78, 5) is 32.4. The van der Waals surface area contributed by atoms with Crippen LogP contribution in [0.2, 0.25) is 0 Å². The number of carbonyl (C=O) groups excluding carboxylic acids is 2. The van der Waals surface area contributed by atoms with Gasteiger partial charge in [0.15, 0.2) is 10.9 Å². The van der Waals surface area contributed by atoms with Crippen LogP contribution in [0.3, 0.4) is 0 Å². The second-order valence-corrected chi connectivity index (χ2v) is 7.78. The Labute approximate surface area is 149 Å². The summed E-state index contributed by atoms with van der Waals surface area (Å²) in [5, 5.41) is 16.3. The molecule has 0 unspecified atom stereocenters. The molecule has 24 heavy (non-hydrogen) atoms. The van der Waals surface area contributed by atoms with Gasteiger partial charge in [0.2, 0.25) is 5.78 Å². The Kier molecular flexibility index (Phi) is 3.79. The van der Waals surface area contributed by atoms with Gasteiger partial charge in [0, 0.05) is 16.5 Å². The molecule has 0 radical (unpaired) electrons. The summed E-state index contributed by atoms with van der Waals surface area (Å²) >= 11 is 4.01. The molecule has 0 bridgehead atoms. The number of thiophene rings is 2. The second kappa shape index (κ2) is 5.97. The standard InChI is InChI=1S/C16H10N2O3S3/c19-13(10-4-2-7-23-10)11-12(9-3-1-6-22-9)18(15(21)14(11)20)16-17-5-8-24-16/h1-8,12,20H/t12-/m0/s1. The van der Waals surface area contributed by atoms with Crippen LogP contribution >= 0.6 is 34.0 Å². The molecular formula is C16H10N2O3S3. The Morgan fingerprint density at radius 3 is 2.54 bits per heavy atom. The fourth-order valence-corrected chi connectivity index (χ4v) is 4.79. The summed E-state index contributed by atoms with van der Waals surface area (Å²) in [5.41, 5.74) is 0.111. The van der Waals surface area contributed by atoms with Gasteiger partial charge in [0.05, 0.1) is 10.5 Å². The summed E-state index contributed by atoms with van der Waals surface area (Å²) in [7, 11) is 0. The van der Waals surface area contributed by atoms with Crippen LogP contribution in [-0.4, -0.2) is 21.8 Å². The van der Waals surface area contributed by atoms with Gasteiger partial charge in [-0.2, -0.15) is 0 Å². The molecule has 3 aromatic heterocycles. The minimum Gasteiger partial charge on any atom is -0.503 e. The lowest BCUT2D eigenvalue weighted by Gasteiger charge is -2.22. The topological polar surface area (TPSA) is 70.5 Å². The third-order valence-corrected chi connectivity index (χ3v) is 6.20. The number of hydrogen-bond donors (Lipinski definition) is 1. The number of aliphatic hydroxyl groups excluding tert-OH is 1. The van der Waals surface area contributed by atoms with E-state index in [0.29, 0.717) is 10.0 Å². The summed E-state index contributed by atoms with van der Waals surface area (Å²) in [6, 6.07) is 6.51. The van der Waals surface area contributed by atoms with Crippen LogP contribution < -0.4 is 4.90 Å². The zero-order chi connectivity index (χ0) is 16.7. The van der Waals surface area contributed by atoms with Gasteiger partial charge in [-0.1, -0.05) is 12.1 Å². The Bertz CT molecular complexity index is 912. The van der Waals surface area contributed by atoms with E-state index in [-0.39, 0.29) is 11.4 Å². The van der Waals surface area contributed by atoms with E-state index >= 15 is 0 Å². The van der Waals surface area contributed by atoms with Crippen LogP contribution in [0.4, 0.5) is 5.13 Å². The van der Waals surface area contributed by atoms with Crippen LogP contribution in [0.5, 0.6) is 0 Å². The molecule has 1 atom stereocenters. The average molecular weight is 374 g/mol. The highest BCUT2D eigenvalue weighted by Crippen LogP contribution is 2.44. The predicted molar refractivity (Wildman–Crippen MR) is 95.0 cm³/mol. The zero-order valence-corrected chi connectivity index (χ0v) is 14.5. The number of amides is 1. The normalized spacial score (nSPS) is 17.8. The van der Waals surface area contributed by atoms with Crippen LogP contribution in [0.1, 0.15) is 20.6 Å². The lowest BCUT2D eigenvalue weighted by atomic mass is 10.0. The number of carbonyl (C=O) groups is 2. The van der Waals surface area contributed by atoms with Gasteiger partial charge >= 0.3 is 0 Å². The van der Waals surface area contributed by atoms with E-state index < -0.39 is 17.7 Å². The van der Waals surface area contributed by atoms with E-state index in [9.17, 15) is 14.7 Å². The molecule has 1 N–H and O–H groups in total. The van der Waals surface area contributed by atoms with Gasteiger partial charge in [0.1, 0.15) is 6.04 Å². The van der Waals surface area contributed by atoms with Crippen molar-refractivity contribution in [2.75, 3.05) is 4.90 Å². The molecule has 3 aromatic rings. The van der Waals surface area contributed by atoms with Crippen LogP contribution in [0.25, 0.3) is 0 Å². The number of Topliss-reactive ketones (excluding diaryl/α,β-unsaturated/α-hetero) is 1. The highest BCUT2D eigenvalue weighted by Gasteiger charge is 2.46. The predicted octanol–water partition coefficient (Wildman–Crippen LogP) is 4.05. The molecule has 4 heterocycles. The van der Waals surface area contributed by atoms with E-state index in [0.717, 1.165) is 4.88 Å². The molecular weight excluding hydrogens is 364 g/mol. The maximum Gasteiger partial charge on any atom is 0.296 e. The summed E-state index contributed by atoms with van der Waals surface area (Å²) < 4.78 is 0. The Morgan fingerprint density at radius 2 is 1.92 bits per heavy atom. The van der Waals surface area contributed by atoms with Crippen molar-refractivity contribution in [3.63, 3.8) is 0 Å². The molecule has 4 rings (SSSR count). The van der Waals surface area contributed by atoms with Crippen molar-refractivity contribution in [3.05, 3.63) is 67.7 Å². The Hall–Kier alpha value is -2.29. The lowest BCUT2D eigenvalue weighted by molar-refractivity contribution is -0.117. The van der Waals surface area contributed by atoms with Crippen molar-refractivity contribution in [1.29, 1.82) is 0 Å². The van der Waals surface area contributed by atoms with Gasteiger partial charge in [0.25, 0.3) is 5.91 Å². The third kappa shape index (κ3) is 2.31. The molecule has 1 amide bonds. The largest absolute Gasteiger partial charge is 0.503 e. The van der Waals surface area contributed by atoms with Crippen LogP contribution in [-0.2, 0) is 4.79 Å². The number of aliphatic hydroxyl groups is 1. The first-order valence-corrected chi connectivity index (χ1v) is 9.60. The maximum absolute atomic E-state index is 12.9. The smallest absolute Gasteiger partial charge is 0.296 e. The Morgan fingerprint density at radius 1 is 1.12 bits per heavy atom. The number of nitrogens with zero attached hydrogens (tertiary/aromatic N) is 2. The average Bonchev–Trinajstić information content (AvgIpc) is 3.37. The molecule has 0 spiro atoms. The minimum absolute atomic E-state index is 0.111. The van der Waals surface area contributed by atoms with Crippen molar-refractivity contribution >= 4 is 50.8 Å². The van der Waals surface area contributed by atoms with E-state index in [1.807, 2.05) is 17.5 Å². The van der Waals surface area contributed by atoms with Crippen molar-refractivity contribution in [1.82, 2.24) is 4.98 Å². The van der Waals surface area contributed by atoms with Crippen molar-refractivity contribution in [2.45, 2.75) is 6.04 Å². The fraction of sp³-hybridized carbons (Fsp3) is 0.0625. The zero-order valence-electron chi connectivity index (χ0n) is 12.1. The SMILES string of the molecule is O=C(C1=C(O)C(=O)N(c2nccs2)[C@H]1c1cccs1)c1cccs1. The molecule has 0 saturated heterocycles. The van der Waals surface area contributed by atoms with Gasteiger partial charge in [-0.15, -0.1) is 34.0 Å². The van der Waals surface area contributed by atoms with Gasteiger partial charge in [-0.25, -0.2) is 4.98 Å². The lowest BCUT2D eigenvalue weighted by Crippen LogP contribution is -2.30. The molecule has 0 aromatic carbocycles. The van der Waals surface area contributed by atoms with Crippen molar-refractivity contribution < 1.29 is 14.7 Å². The quantitative estimate of drug-likeness (QED) is 0.700. The molecule has 0 aliphatic carbocycles. The summed E-state index contributed by atoms with van der Waals surface area (Å²) in [6.07, 6.45) is 1.59. The van der Waals surface area contributed by atoms with Gasteiger partial charge in [-0.05, 0) is 22.9 Å². The first-order chi connectivity index (χ1) is 11.7. The fourth-order valence-electron chi connectivity index (χ4n) is 2.63. The summed E-state index contributed by atoms with van der Waals surface area (Å²) in [5.74, 6) is -1.42. The highest BCUT2D eigenvalue weighted by atomic mass is 32.1. The first kappa shape index (κ1) is 15.3. The maximum atomic E-state index is 12.9. The van der Waals surface area contributed by atoms with E-state index in [2.05, 4.69) is 4.98 Å². The molecule has 120 valence electrons. The molecule has 1 aliphatic rings. The highest BCUT2D eigenvalue weighted by molar-refractivity contribution is 7.14. The van der Waals surface area contributed by atoms with Gasteiger partial charge in [-0.3, -0.25) is 14.5 Å². The molecule has 0 fully saturated rings. The number of ketones is 1. The summed E-state index contributed by atoms with van der Waals surface area (Å²) in [6.45, 7) is 0. The second-order valence-electron chi connectivity index (χ2n) is 4.98. The van der Waals surface area contributed by atoms with Crippen LogP contribution in [0, 0.1) is 0 Å². The monoisotopic (exact) mass is 374 g/mol. The van der Waals surface area contributed by atoms with Gasteiger partial charge < -0.3 is 5.11 Å². The molecule has 5 nitrogen and oxygen atoms in total. The third-order valence-electron chi connectivity index (χ3n) is 3.64. The van der Waals surface area contributed by atoms with E-state index in [4.69, 9.17) is 0 Å².